The summed E-state index contributed by atoms with van der Waals surface area (Å²) in [6.07, 6.45) is 2.32. The lowest BCUT2D eigenvalue weighted by Gasteiger charge is -2.35. The van der Waals surface area contributed by atoms with Crippen molar-refractivity contribution in [2.75, 3.05) is 18.4 Å². The summed E-state index contributed by atoms with van der Waals surface area (Å²) in [4.78, 5) is 2.51. The largest absolute Gasteiger partial charge is 0.382 e. The standard InChI is InChI=1S/C15H23FN2/c1-11(2)18-8-6-14(7-9-18)17-15-5-4-13(16)10-12(15)3/h4-5,10-11,14,17H,6-9H2,1-3H3. The van der Waals surface area contributed by atoms with E-state index in [0.29, 0.717) is 12.1 Å². The molecule has 1 N–H and O–H groups in total. The summed E-state index contributed by atoms with van der Waals surface area (Å²) in [6.45, 7) is 8.75. The molecule has 0 atom stereocenters. The van der Waals surface area contributed by atoms with Crippen molar-refractivity contribution < 1.29 is 4.39 Å². The van der Waals surface area contributed by atoms with E-state index < -0.39 is 0 Å². The first-order valence-electron chi connectivity index (χ1n) is 6.83. The first-order valence-corrected chi connectivity index (χ1v) is 6.83. The molecule has 0 bridgehead atoms. The summed E-state index contributed by atoms with van der Waals surface area (Å²) in [5, 5.41) is 3.54. The number of likely N-dealkylation sites (tertiary alicyclic amines) is 1. The lowest BCUT2D eigenvalue weighted by molar-refractivity contribution is 0.177. The highest BCUT2D eigenvalue weighted by Gasteiger charge is 2.20. The van der Waals surface area contributed by atoms with Crippen LogP contribution in [0.15, 0.2) is 18.2 Å². The van der Waals surface area contributed by atoms with E-state index >= 15 is 0 Å². The Hall–Kier alpha value is -1.09. The van der Waals surface area contributed by atoms with Gasteiger partial charge in [0.25, 0.3) is 0 Å². The molecule has 1 saturated heterocycles. The van der Waals surface area contributed by atoms with Crippen LogP contribution in [0.4, 0.5) is 10.1 Å². The van der Waals surface area contributed by atoms with E-state index in [1.54, 1.807) is 6.07 Å². The number of nitrogens with zero attached hydrogens (tertiary/aromatic N) is 1. The quantitative estimate of drug-likeness (QED) is 0.884. The highest BCUT2D eigenvalue weighted by atomic mass is 19.1. The number of halogens is 1. The van der Waals surface area contributed by atoms with Gasteiger partial charge in [0.05, 0.1) is 0 Å². The van der Waals surface area contributed by atoms with Crippen LogP contribution >= 0.6 is 0 Å². The SMILES string of the molecule is Cc1cc(F)ccc1NC1CCN(C(C)C)CC1. The Bertz CT molecular complexity index is 395. The number of nitrogens with one attached hydrogen (secondary N) is 1. The van der Waals surface area contributed by atoms with Crippen molar-refractivity contribution in [3.8, 4) is 0 Å². The van der Waals surface area contributed by atoms with Gasteiger partial charge >= 0.3 is 0 Å². The third kappa shape index (κ3) is 3.22. The average Bonchev–Trinajstić information content (AvgIpc) is 2.33. The van der Waals surface area contributed by atoms with Crippen LogP contribution in [-0.4, -0.2) is 30.1 Å². The fourth-order valence-corrected chi connectivity index (χ4v) is 2.57. The molecule has 0 saturated carbocycles. The molecule has 3 heteroatoms. The molecule has 1 aliphatic rings. The van der Waals surface area contributed by atoms with Crippen LogP contribution in [0, 0.1) is 12.7 Å². The maximum Gasteiger partial charge on any atom is 0.123 e. The topological polar surface area (TPSA) is 15.3 Å². The van der Waals surface area contributed by atoms with Gasteiger partial charge in [-0.3, -0.25) is 0 Å². The molecule has 100 valence electrons. The van der Waals surface area contributed by atoms with Crippen LogP contribution in [0.3, 0.4) is 0 Å². The van der Waals surface area contributed by atoms with Crippen molar-refractivity contribution in [1.82, 2.24) is 4.90 Å². The number of hydrogen-bond donors (Lipinski definition) is 1. The molecule has 0 spiro atoms. The summed E-state index contributed by atoms with van der Waals surface area (Å²) >= 11 is 0. The van der Waals surface area contributed by atoms with E-state index in [-0.39, 0.29) is 5.82 Å². The highest BCUT2D eigenvalue weighted by molar-refractivity contribution is 5.51. The second kappa shape index (κ2) is 5.70. The minimum Gasteiger partial charge on any atom is -0.382 e. The third-order valence-electron chi connectivity index (χ3n) is 3.81. The summed E-state index contributed by atoms with van der Waals surface area (Å²) in [7, 11) is 0. The Morgan fingerprint density at radius 3 is 2.50 bits per heavy atom. The van der Waals surface area contributed by atoms with Crippen LogP contribution in [0.2, 0.25) is 0 Å². The van der Waals surface area contributed by atoms with Gasteiger partial charge in [-0.2, -0.15) is 0 Å². The van der Waals surface area contributed by atoms with Gasteiger partial charge in [0, 0.05) is 30.9 Å². The predicted octanol–water partition coefficient (Wildman–Crippen LogP) is 3.42. The average molecular weight is 250 g/mol. The number of hydrogen-bond acceptors (Lipinski definition) is 2. The van der Waals surface area contributed by atoms with Gasteiger partial charge in [0.15, 0.2) is 0 Å². The van der Waals surface area contributed by atoms with Gasteiger partial charge in [-0.05, 0) is 57.4 Å². The Kier molecular flexibility index (Phi) is 4.23. The van der Waals surface area contributed by atoms with Crippen molar-refractivity contribution in [2.24, 2.45) is 0 Å². The molecule has 0 aromatic heterocycles. The van der Waals surface area contributed by atoms with Crippen LogP contribution < -0.4 is 5.32 Å². The van der Waals surface area contributed by atoms with Crippen LogP contribution in [0.5, 0.6) is 0 Å². The second-order valence-corrected chi connectivity index (χ2v) is 5.51. The van der Waals surface area contributed by atoms with E-state index in [4.69, 9.17) is 0 Å². The highest BCUT2D eigenvalue weighted by Crippen LogP contribution is 2.21. The van der Waals surface area contributed by atoms with E-state index in [9.17, 15) is 4.39 Å². The van der Waals surface area contributed by atoms with Crippen LogP contribution in [-0.2, 0) is 0 Å². The number of piperidine rings is 1. The molecular weight excluding hydrogens is 227 g/mol. The van der Waals surface area contributed by atoms with Gasteiger partial charge < -0.3 is 10.2 Å². The van der Waals surface area contributed by atoms with Crippen molar-refractivity contribution in [2.45, 2.75) is 45.7 Å². The Morgan fingerprint density at radius 2 is 1.94 bits per heavy atom. The van der Waals surface area contributed by atoms with E-state index in [0.717, 1.165) is 37.2 Å². The molecule has 0 aliphatic carbocycles. The lowest BCUT2D eigenvalue weighted by Crippen LogP contribution is -2.42. The van der Waals surface area contributed by atoms with Crippen molar-refractivity contribution in [1.29, 1.82) is 0 Å². The molecule has 18 heavy (non-hydrogen) atoms. The van der Waals surface area contributed by atoms with Gasteiger partial charge in [0.1, 0.15) is 5.82 Å². The van der Waals surface area contributed by atoms with Crippen molar-refractivity contribution >= 4 is 5.69 Å². The number of rotatable bonds is 3. The van der Waals surface area contributed by atoms with Gasteiger partial charge in [-0.25, -0.2) is 4.39 Å². The number of benzene rings is 1. The Balaban J connectivity index is 1.91. The molecule has 1 heterocycles. The fourth-order valence-electron chi connectivity index (χ4n) is 2.57. The monoisotopic (exact) mass is 250 g/mol. The van der Waals surface area contributed by atoms with Gasteiger partial charge in [0.2, 0.25) is 0 Å². The summed E-state index contributed by atoms with van der Waals surface area (Å²) < 4.78 is 13.0. The second-order valence-electron chi connectivity index (χ2n) is 5.51. The molecule has 2 nitrogen and oxygen atoms in total. The maximum absolute atomic E-state index is 13.0. The minimum absolute atomic E-state index is 0.160. The zero-order valence-corrected chi connectivity index (χ0v) is 11.5. The summed E-state index contributed by atoms with van der Waals surface area (Å²) in [5.41, 5.74) is 2.06. The number of anilines is 1. The van der Waals surface area contributed by atoms with E-state index in [1.165, 1.54) is 6.07 Å². The molecule has 2 rings (SSSR count). The first kappa shape index (κ1) is 13.3. The Labute approximate surface area is 109 Å². The smallest absolute Gasteiger partial charge is 0.123 e. The van der Waals surface area contributed by atoms with Crippen molar-refractivity contribution in [3.05, 3.63) is 29.6 Å². The van der Waals surface area contributed by atoms with Crippen LogP contribution in [0.1, 0.15) is 32.3 Å². The predicted molar refractivity (Wildman–Crippen MR) is 74.5 cm³/mol. The zero-order valence-electron chi connectivity index (χ0n) is 11.5. The molecule has 1 aromatic rings. The van der Waals surface area contributed by atoms with E-state index in [2.05, 4.69) is 24.1 Å². The summed E-state index contributed by atoms with van der Waals surface area (Å²) in [6, 6.07) is 6.12. The molecule has 1 fully saturated rings. The molecular formula is C15H23FN2. The first-order chi connectivity index (χ1) is 8.56. The van der Waals surface area contributed by atoms with Crippen molar-refractivity contribution in [3.63, 3.8) is 0 Å². The third-order valence-corrected chi connectivity index (χ3v) is 3.81. The normalized spacial score (nSPS) is 18.3. The minimum atomic E-state index is -0.160. The number of aryl methyl sites for hydroxylation is 1. The zero-order chi connectivity index (χ0) is 13.1. The van der Waals surface area contributed by atoms with Gasteiger partial charge in [-0.15, -0.1) is 0 Å². The fraction of sp³-hybridized carbons (Fsp3) is 0.600. The Morgan fingerprint density at radius 1 is 1.28 bits per heavy atom. The molecule has 0 amide bonds. The molecule has 1 aliphatic heterocycles. The summed E-state index contributed by atoms with van der Waals surface area (Å²) in [5.74, 6) is -0.160. The molecule has 1 aromatic carbocycles. The van der Waals surface area contributed by atoms with Crippen LogP contribution in [0.25, 0.3) is 0 Å². The van der Waals surface area contributed by atoms with Gasteiger partial charge in [-0.1, -0.05) is 0 Å². The molecule has 0 unspecified atom stereocenters. The lowest BCUT2D eigenvalue weighted by atomic mass is 10.0. The maximum atomic E-state index is 13.0. The molecule has 0 radical (unpaired) electrons. The van der Waals surface area contributed by atoms with E-state index in [1.807, 2.05) is 13.0 Å².